The van der Waals surface area contributed by atoms with Crippen LogP contribution >= 0.6 is 11.3 Å². The molecule has 0 spiro atoms. The van der Waals surface area contributed by atoms with Gasteiger partial charge in [0.25, 0.3) is 0 Å². The molecule has 2 heteroatoms. The predicted molar refractivity (Wildman–Crippen MR) is 172 cm³/mol. The van der Waals surface area contributed by atoms with Crippen molar-refractivity contribution in [2.45, 2.75) is 0 Å². The van der Waals surface area contributed by atoms with Crippen LogP contribution in [0.2, 0.25) is 0 Å². The molecule has 0 aliphatic carbocycles. The lowest BCUT2D eigenvalue weighted by atomic mass is 9.84. The average molecular weight is 527 g/mol. The van der Waals surface area contributed by atoms with Gasteiger partial charge in [0.05, 0.1) is 6.26 Å². The van der Waals surface area contributed by atoms with Gasteiger partial charge in [-0.25, -0.2) is 0 Å². The largest absolute Gasteiger partial charge is 0.464 e. The van der Waals surface area contributed by atoms with Gasteiger partial charge in [-0.1, -0.05) is 103 Å². The zero-order valence-electron chi connectivity index (χ0n) is 21.5. The maximum atomic E-state index is 5.69. The van der Waals surface area contributed by atoms with Crippen LogP contribution in [0.3, 0.4) is 0 Å². The number of hydrogen-bond donors (Lipinski definition) is 0. The molecular weight excluding hydrogens is 504 g/mol. The maximum absolute atomic E-state index is 5.69. The lowest BCUT2D eigenvalue weighted by molar-refractivity contribution is 0.616. The fourth-order valence-corrected chi connectivity index (χ4v) is 7.87. The normalized spacial score (nSPS) is 12.0. The Bertz CT molecular complexity index is 2380. The highest BCUT2D eigenvalue weighted by Gasteiger charge is 2.18. The number of rotatable bonds is 2. The monoisotopic (exact) mass is 526 g/mol. The van der Waals surface area contributed by atoms with E-state index in [1.807, 2.05) is 11.3 Å². The summed E-state index contributed by atoms with van der Waals surface area (Å²) in [6.45, 7) is 0. The topological polar surface area (TPSA) is 13.1 Å². The highest BCUT2D eigenvalue weighted by molar-refractivity contribution is 7.26. The first kappa shape index (κ1) is 22.0. The molecule has 0 saturated heterocycles. The second-order valence-electron chi connectivity index (χ2n) is 10.5. The second kappa shape index (κ2) is 8.29. The summed E-state index contributed by atoms with van der Waals surface area (Å²) < 4.78 is 8.28. The molecule has 0 atom stereocenters. The molecule has 0 fully saturated rings. The Hall–Kier alpha value is -4.92. The fraction of sp³-hybridized carbons (Fsp3) is 0. The molecule has 186 valence electrons. The molecule has 9 rings (SSSR count). The Balaban J connectivity index is 1.39. The Kier molecular flexibility index (Phi) is 4.55. The molecule has 1 nitrogen and oxygen atoms in total. The summed E-state index contributed by atoms with van der Waals surface area (Å²) >= 11 is 1.86. The molecule has 0 radical (unpaired) electrons. The average Bonchev–Trinajstić information content (AvgIpc) is 3.64. The first-order chi connectivity index (χ1) is 19.8. The highest BCUT2D eigenvalue weighted by atomic mass is 32.1. The fourth-order valence-electron chi connectivity index (χ4n) is 6.61. The van der Waals surface area contributed by atoms with E-state index in [4.69, 9.17) is 4.42 Å². The maximum Gasteiger partial charge on any atom is 0.135 e. The summed E-state index contributed by atoms with van der Waals surface area (Å²) in [5.41, 5.74) is 6.07. The number of benzene rings is 7. The summed E-state index contributed by atoms with van der Waals surface area (Å²) in [7, 11) is 0. The van der Waals surface area contributed by atoms with Crippen molar-refractivity contribution < 1.29 is 4.42 Å². The van der Waals surface area contributed by atoms with Crippen LogP contribution in [0.25, 0.3) is 85.7 Å². The third-order valence-corrected chi connectivity index (χ3v) is 9.55. The van der Waals surface area contributed by atoms with E-state index in [1.54, 1.807) is 6.26 Å². The van der Waals surface area contributed by atoms with Crippen LogP contribution in [-0.2, 0) is 0 Å². The molecule has 2 aromatic heterocycles. The van der Waals surface area contributed by atoms with Crippen molar-refractivity contribution >= 4 is 74.8 Å². The molecule has 0 aliphatic heterocycles. The molecule has 40 heavy (non-hydrogen) atoms. The van der Waals surface area contributed by atoms with Gasteiger partial charge in [0.2, 0.25) is 0 Å². The van der Waals surface area contributed by atoms with E-state index in [2.05, 4.69) is 127 Å². The van der Waals surface area contributed by atoms with Crippen molar-refractivity contribution in [3.63, 3.8) is 0 Å². The molecule has 0 amide bonds. The predicted octanol–water partition coefficient (Wildman–Crippen LogP) is 11.6. The van der Waals surface area contributed by atoms with Gasteiger partial charge >= 0.3 is 0 Å². The van der Waals surface area contributed by atoms with Crippen molar-refractivity contribution in [1.82, 2.24) is 0 Å². The number of fused-ring (bicyclic) bond motifs is 8. The molecule has 7 aromatic carbocycles. The van der Waals surface area contributed by atoms with Crippen LogP contribution in [0, 0.1) is 0 Å². The third kappa shape index (κ3) is 3.03. The molecule has 9 aromatic rings. The van der Waals surface area contributed by atoms with Gasteiger partial charge in [0, 0.05) is 25.6 Å². The highest BCUT2D eigenvalue weighted by Crippen LogP contribution is 2.47. The molecular formula is C38H22OS. The Morgan fingerprint density at radius 1 is 0.450 bits per heavy atom. The van der Waals surface area contributed by atoms with Crippen LogP contribution in [0.5, 0.6) is 0 Å². The zero-order valence-corrected chi connectivity index (χ0v) is 22.3. The molecule has 0 unspecified atom stereocenters. The van der Waals surface area contributed by atoms with Crippen molar-refractivity contribution in [2.75, 3.05) is 0 Å². The minimum Gasteiger partial charge on any atom is -0.464 e. The zero-order chi connectivity index (χ0) is 26.2. The van der Waals surface area contributed by atoms with Crippen LogP contribution < -0.4 is 0 Å². The lowest BCUT2D eigenvalue weighted by Crippen LogP contribution is -1.91. The van der Waals surface area contributed by atoms with Gasteiger partial charge in [-0.05, 0) is 78.8 Å². The SMILES string of the molecule is c1ccc2c(-c3c4ccccc4c(-c4ccc5c(c4)sc4c6ccoc6ccc54)c4ccccc34)cccc2c1. The van der Waals surface area contributed by atoms with Crippen LogP contribution in [0.4, 0.5) is 0 Å². The van der Waals surface area contributed by atoms with Crippen molar-refractivity contribution in [2.24, 2.45) is 0 Å². The molecule has 0 saturated carbocycles. The van der Waals surface area contributed by atoms with E-state index in [0.29, 0.717) is 0 Å². The number of thiophene rings is 1. The minimum absolute atomic E-state index is 0.945. The van der Waals surface area contributed by atoms with Crippen molar-refractivity contribution in [1.29, 1.82) is 0 Å². The summed E-state index contributed by atoms with van der Waals surface area (Å²) in [5, 5.41) is 11.5. The van der Waals surface area contributed by atoms with Gasteiger partial charge in [0.1, 0.15) is 5.58 Å². The summed E-state index contributed by atoms with van der Waals surface area (Å²) in [6.07, 6.45) is 1.79. The van der Waals surface area contributed by atoms with Gasteiger partial charge in [-0.3, -0.25) is 0 Å². The van der Waals surface area contributed by atoms with Crippen LogP contribution in [0.1, 0.15) is 0 Å². The van der Waals surface area contributed by atoms with Crippen molar-refractivity contribution in [3.8, 4) is 22.3 Å². The van der Waals surface area contributed by atoms with E-state index < -0.39 is 0 Å². The van der Waals surface area contributed by atoms with E-state index in [1.165, 1.54) is 80.1 Å². The molecule has 0 N–H and O–H groups in total. The van der Waals surface area contributed by atoms with Gasteiger partial charge in [-0.2, -0.15) is 0 Å². The Labute approximate surface area is 234 Å². The quantitative estimate of drug-likeness (QED) is 0.204. The summed E-state index contributed by atoms with van der Waals surface area (Å²) in [5.74, 6) is 0. The lowest BCUT2D eigenvalue weighted by Gasteiger charge is -2.18. The van der Waals surface area contributed by atoms with E-state index >= 15 is 0 Å². The molecule has 0 aliphatic rings. The van der Waals surface area contributed by atoms with Gasteiger partial charge in [0.15, 0.2) is 0 Å². The minimum atomic E-state index is 0.945. The second-order valence-corrected chi connectivity index (χ2v) is 11.5. The summed E-state index contributed by atoms with van der Waals surface area (Å²) in [6, 6.07) is 46.6. The Morgan fingerprint density at radius 2 is 1.10 bits per heavy atom. The summed E-state index contributed by atoms with van der Waals surface area (Å²) in [4.78, 5) is 0. The van der Waals surface area contributed by atoms with E-state index in [-0.39, 0.29) is 0 Å². The standard InChI is InChI=1S/C38H22OS/c1-2-10-25-23(8-1)9-7-15-27(25)37-30-13-5-3-11-28(30)36(29-12-4-6-14-31(29)37)24-16-17-26-32-18-19-34-33(20-21-39-34)38(32)40-35(26)22-24/h1-22H. The molecule has 2 heterocycles. The Morgan fingerprint density at radius 3 is 1.88 bits per heavy atom. The van der Waals surface area contributed by atoms with E-state index in [0.717, 1.165) is 5.58 Å². The first-order valence-corrected chi connectivity index (χ1v) is 14.4. The van der Waals surface area contributed by atoms with Gasteiger partial charge in [-0.15, -0.1) is 11.3 Å². The number of hydrogen-bond acceptors (Lipinski definition) is 2. The smallest absolute Gasteiger partial charge is 0.135 e. The van der Waals surface area contributed by atoms with Crippen LogP contribution in [0.15, 0.2) is 138 Å². The third-order valence-electron chi connectivity index (χ3n) is 8.35. The van der Waals surface area contributed by atoms with Gasteiger partial charge < -0.3 is 4.42 Å². The van der Waals surface area contributed by atoms with E-state index in [9.17, 15) is 0 Å². The number of furan rings is 1. The molecule has 0 bridgehead atoms. The van der Waals surface area contributed by atoms with Crippen LogP contribution in [-0.4, -0.2) is 0 Å². The first-order valence-electron chi connectivity index (χ1n) is 13.6. The van der Waals surface area contributed by atoms with Crippen molar-refractivity contribution in [3.05, 3.63) is 134 Å².